The summed E-state index contributed by atoms with van der Waals surface area (Å²) in [6.45, 7) is 3.69. The number of benzene rings is 1. The number of nitrogens with two attached hydrogens (primary N) is 1. The zero-order valence-corrected chi connectivity index (χ0v) is 16.9. The van der Waals surface area contributed by atoms with Crippen molar-refractivity contribution in [1.29, 1.82) is 0 Å². The monoisotopic (exact) mass is 413 g/mol. The van der Waals surface area contributed by atoms with Gasteiger partial charge in [0.1, 0.15) is 10.3 Å². The molecule has 9 heteroatoms. The number of carbonyl (C=O) groups excluding carboxylic acids is 1. The number of fused-ring (bicyclic) bond motifs is 2. The van der Waals surface area contributed by atoms with Crippen LogP contribution < -0.4 is 16.0 Å². The van der Waals surface area contributed by atoms with Crippen LogP contribution in [-0.4, -0.2) is 35.0 Å². The fraction of sp³-hybridized carbons (Fsp3) is 0.316. The van der Waals surface area contributed by atoms with Crippen LogP contribution in [0.15, 0.2) is 28.7 Å². The zero-order valence-electron chi connectivity index (χ0n) is 15.3. The molecule has 0 spiro atoms. The molecule has 7 nitrogen and oxygen atoms in total. The van der Waals surface area contributed by atoms with Gasteiger partial charge in [-0.15, -0.1) is 11.3 Å². The minimum absolute atomic E-state index is 0.139. The van der Waals surface area contributed by atoms with Gasteiger partial charge in [0.25, 0.3) is 5.91 Å². The maximum atomic E-state index is 12.7. The van der Waals surface area contributed by atoms with Crippen molar-refractivity contribution < 1.29 is 9.21 Å². The van der Waals surface area contributed by atoms with Crippen LogP contribution >= 0.6 is 22.7 Å². The lowest BCUT2D eigenvalue weighted by molar-refractivity contribution is 0.103. The quantitative estimate of drug-likeness (QED) is 0.527. The maximum absolute atomic E-state index is 12.7. The van der Waals surface area contributed by atoms with E-state index in [4.69, 9.17) is 15.1 Å². The molecule has 0 bridgehead atoms. The molecule has 1 amide bonds. The average molecular weight is 414 g/mol. The van der Waals surface area contributed by atoms with Crippen molar-refractivity contribution in [3.05, 3.63) is 35.0 Å². The number of amides is 1. The second-order valence-corrected chi connectivity index (χ2v) is 9.01. The first kappa shape index (κ1) is 17.6. The number of piperidine rings is 1. The maximum Gasteiger partial charge on any atom is 0.265 e. The number of rotatable bonds is 3. The van der Waals surface area contributed by atoms with Gasteiger partial charge in [-0.1, -0.05) is 11.3 Å². The summed E-state index contributed by atoms with van der Waals surface area (Å²) in [4.78, 5) is 25.5. The second kappa shape index (κ2) is 6.84. The van der Waals surface area contributed by atoms with Crippen molar-refractivity contribution in [2.45, 2.75) is 25.8 Å². The number of nitrogens with zero attached hydrogens (tertiary/aromatic N) is 3. The van der Waals surface area contributed by atoms with E-state index in [2.05, 4.69) is 15.2 Å². The highest BCUT2D eigenvalue weighted by molar-refractivity contribution is 7.29. The molecule has 4 aromatic rings. The summed E-state index contributed by atoms with van der Waals surface area (Å²) >= 11 is 3.06. The SMILES string of the molecule is Cc1nc2cc(NC(=O)c3cc4sc(N5CCC(N)CC5)nc4s3)ccc2o1. The van der Waals surface area contributed by atoms with E-state index >= 15 is 0 Å². The summed E-state index contributed by atoms with van der Waals surface area (Å²) in [5.41, 5.74) is 8.12. The van der Waals surface area contributed by atoms with E-state index in [0.29, 0.717) is 28.1 Å². The van der Waals surface area contributed by atoms with Gasteiger partial charge in [-0.05, 0) is 37.1 Å². The number of carbonyl (C=O) groups is 1. The third-order valence-corrected chi connectivity index (χ3v) is 7.08. The first-order valence-electron chi connectivity index (χ1n) is 9.14. The molecule has 1 saturated heterocycles. The van der Waals surface area contributed by atoms with Crippen LogP contribution in [0.5, 0.6) is 0 Å². The molecule has 5 rings (SSSR count). The van der Waals surface area contributed by atoms with E-state index in [9.17, 15) is 4.79 Å². The average Bonchev–Trinajstić information content (AvgIpc) is 3.33. The molecule has 0 aliphatic carbocycles. The first-order chi connectivity index (χ1) is 13.5. The number of oxazole rings is 1. The molecule has 28 heavy (non-hydrogen) atoms. The van der Waals surface area contributed by atoms with Crippen molar-refractivity contribution >= 4 is 60.0 Å². The fourth-order valence-corrected chi connectivity index (χ4v) is 5.53. The number of aryl methyl sites for hydroxylation is 1. The van der Waals surface area contributed by atoms with E-state index in [0.717, 1.165) is 46.1 Å². The molecule has 1 aliphatic heterocycles. The Morgan fingerprint density at radius 1 is 1.25 bits per heavy atom. The molecule has 4 heterocycles. The zero-order chi connectivity index (χ0) is 19.3. The molecule has 144 valence electrons. The largest absolute Gasteiger partial charge is 0.441 e. The highest BCUT2D eigenvalue weighted by Crippen LogP contribution is 2.35. The van der Waals surface area contributed by atoms with Crippen LogP contribution in [0, 0.1) is 6.92 Å². The van der Waals surface area contributed by atoms with Crippen LogP contribution in [-0.2, 0) is 0 Å². The minimum atomic E-state index is -0.139. The number of anilines is 2. The Hall–Kier alpha value is -2.49. The van der Waals surface area contributed by atoms with Gasteiger partial charge in [0.15, 0.2) is 16.6 Å². The third kappa shape index (κ3) is 3.25. The van der Waals surface area contributed by atoms with Gasteiger partial charge in [0.05, 0.1) is 9.58 Å². The number of thiophene rings is 1. The lowest BCUT2D eigenvalue weighted by atomic mass is 10.1. The van der Waals surface area contributed by atoms with Crippen LogP contribution in [0.25, 0.3) is 20.6 Å². The molecule has 0 radical (unpaired) electrons. The molecule has 0 atom stereocenters. The Morgan fingerprint density at radius 2 is 2.07 bits per heavy atom. The van der Waals surface area contributed by atoms with Crippen LogP contribution in [0.3, 0.4) is 0 Å². The summed E-state index contributed by atoms with van der Waals surface area (Å²) in [6, 6.07) is 7.67. The summed E-state index contributed by atoms with van der Waals surface area (Å²) in [7, 11) is 0. The first-order valence-corrected chi connectivity index (χ1v) is 10.8. The number of hydrogen-bond acceptors (Lipinski definition) is 8. The topological polar surface area (TPSA) is 97.3 Å². The Balaban J connectivity index is 1.33. The molecule has 3 aromatic heterocycles. The minimum Gasteiger partial charge on any atom is -0.441 e. The molecular formula is C19H19N5O2S2. The molecule has 1 aromatic carbocycles. The summed E-state index contributed by atoms with van der Waals surface area (Å²) in [5.74, 6) is 0.467. The number of hydrogen-bond donors (Lipinski definition) is 2. The van der Waals surface area contributed by atoms with Crippen molar-refractivity contribution in [2.24, 2.45) is 5.73 Å². The number of aromatic nitrogens is 2. The molecular weight excluding hydrogens is 394 g/mol. The van der Waals surface area contributed by atoms with E-state index in [1.165, 1.54) is 11.3 Å². The van der Waals surface area contributed by atoms with Crippen LogP contribution in [0.2, 0.25) is 0 Å². The molecule has 1 aliphatic rings. The highest BCUT2D eigenvalue weighted by atomic mass is 32.1. The molecule has 3 N–H and O–H groups in total. The lowest BCUT2D eigenvalue weighted by Crippen LogP contribution is -2.39. The number of thiazole rings is 1. The predicted molar refractivity (Wildman–Crippen MR) is 114 cm³/mol. The van der Waals surface area contributed by atoms with Gasteiger partial charge in [-0.25, -0.2) is 9.97 Å². The van der Waals surface area contributed by atoms with Gasteiger partial charge in [0.2, 0.25) is 0 Å². The van der Waals surface area contributed by atoms with E-state index in [1.807, 2.05) is 24.3 Å². The van der Waals surface area contributed by atoms with E-state index in [-0.39, 0.29) is 5.91 Å². The lowest BCUT2D eigenvalue weighted by Gasteiger charge is -2.29. The van der Waals surface area contributed by atoms with Gasteiger partial charge in [0, 0.05) is 31.7 Å². The van der Waals surface area contributed by atoms with Crippen molar-refractivity contribution in [3.63, 3.8) is 0 Å². The summed E-state index contributed by atoms with van der Waals surface area (Å²) in [6.07, 6.45) is 1.99. The fourth-order valence-electron chi connectivity index (χ4n) is 3.37. The summed E-state index contributed by atoms with van der Waals surface area (Å²) < 4.78 is 6.51. The third-order valence-electron chi connectivity index (χ3n) is 4.86. The van der Waals surface area contributed by atoms with Gasteiger partial charge >= 0.3 is 0 Å². The normalized spacial score (nSPS) is 15.6. The molecule has 0 unspecified atom stereocenters. The van der Waals surface area contributed by atoms with Crippen molar-refractivity contribution in [3.8, 4) is 0 Å². The molecule has 1 fully saturated rings. The van der Waals surface area contributed by atoms with Crippen molar-refractivity contribution in [2.75, 3.05) is 23.3 Å². The summed E-state index contributed by atoms with van der Waals surface area (Å²) in [5, 5.41) is 3.96. The molecule has 0 saturated carbocycles. The highest BCUT2D eigenvalue weighted by Gasteiger charge is 2.21. The Kier molecular flexibility index (Phi) is 4.30. The van der Waals surface area contributed by atoms with Crippen molar-refractivity contribution in [1.82, 2.24) is 9.97 Å². The van der Waals surface area contributed by atoms with E-state index in [1.54, 1.807) is 18.3 Å². The van der Waals surface area contributed by atoms with Gasteiger partial charge < -0.3 is 20.4 Å². The number of nitrogens with one attached hydrogen (secondary N) is 1. The Bertz CT molecular complexity index is 1140. The Morgan fingerprint density at radius 3 is 2.86 bits per heavy atom. The smallest absolute Gasteiger partial charge is 0.265 e. The van der Waals surface area contributed by atoms with Gasteiger partial charge in [-0.2, -0.15) is 0 Å². The Labute approximate surface area is 169 Å². The van der Waals surface area contributed by atoms with Crippen LogP contribution in [0.4, 0.5) is 10.8 Å². The van der Waals surface area contributed by atoms with Gasteiger partial charge in [-0.3, -0.25) is 4.79 Å². The standard InChI is InChI=1S/C19H19N5O2S2/c1-10-21-13-8-12(2-3-14(13)26-10)22-17(25)15-9-16-18(27-15)23-19(28-16)24-6-4-11(20)5-7-24/h2-3,8-9,11H,4-7,20H2,1H3,(H,22,25). The van der Waals surface area contributed by atoms with Crippen LogP contribution in [0.1, 0.15) is 28.4 Å². The van der Waals surface area contributed by atoms with E-state index < -0.39 is 0 Å². The second-order valence-electron chi connectivity index (χ2n) is 6.97. The predicted octanol–water partition coefficient (Wildman–Crippen LogP) is 3.99.